The van der Waals surface area contributed by atoms with Crippen molar-refractivity contribution in [3.8, 4) is 11.1 Å². The van der Waals surface area contributed by atoms with E-state index in [9.17, 15) is 0 Å². The van der Waals surface area contributed by atoms with Gasteiger partial charge < -0.3 is 0 Å². The smallest absolute Gasteiger partial charge is 0.0108 e. The van der Waals surface area contributed by atoms with Crippen LogP contribution in [0.25, 0.3) is 11.1 Å². The molecule has 1 radical (unpaired) electrons. The molecule has 2 aromatic carbocycles. The second-order valence-electron chi connectivity index (χ2n) is 11.6. The number of benzene rings is 2. The maximum absolute atomic E-state index is 4.01. The molecule has 0 bridgehead atoms. The van der Waals surface area contributed by atoms with Crippen molar-refractivity contribution in [3.05, 3.63) is 58.7 Å². The highest BCUT2D eigenvalue weighted by molar-refractivity contribution is 5.73. The first kappa shape index (κ1) is 23.6. The molecular weight excluding hydrogens is 384 g/mol. The van der Waals surface area contributed by atoms with Crippen LogP contribution in [0.15, 0.2) is 30.3 Å². The predicted octanol–water partition coefficient (Wildman–Crippen LogP) is 9.65. The summed E-state index contributed by atoms with van der Waals surface area (Å²) in [4.78, 5) is 0. The summed E-state index contributed by atoms with van der Waals surface area (Å²) in [5.74, 6) is 2.79. The zero-order chi connectivity index (χ0) is 22.5. The Balaban J connectivity index is 1.83. The summed E-state index contributed by atoms with van der Waals surface area (Å²) in [7, 11) is 0. The summed E-state index contributed by atoms with van der Waals surface area (Å²) >= 11 is 0. The van der Waals surface area contributed by atoms with Crippen molar-refractivity contribution in [1.29, 1.82) is 0 Å². The Kier molecular flexibility index (Phi) is 8.14. The minimum Gasteiger partial charge on any atom is -0.0625 e. The predicted molar refractivity (Wildman–Crippen MR) is 139 cm³/mol. The van der Waals surface area contributed by atoms with E-state index in [1.54, 1.807) is 16.7 Å². The molecule has 173 valence electrons. The molecule has 2 aliphatic rings. The molecule has 0 nitrogen and oxygen atoms in total. The van der Waals surface area contributed by atoms with Gasteiger partial charge in [0.05, 0.1) is 0 Å². The zero-order valence-corrected chi connectivity index (χ0v) is 21.2. The number of rotatable bonds is 7. The Morgan fingerprint density at radius 1 is 0.688 bits per heavy atom. The first-order valence-electron chi connectivity index (χ1n) is 13.7. The molecule has 0 heterocycles. The first-order valence-corrected chi connectivity index (χ1v) is 13.7. The van der Waals surface area contributed by atoms with E-state index >= 15 is 0 Å². The molecule has 0 aliphatic heterocycles. The van der Waals surface area contributed by atoms with Crippen LogP contribution in [0.1, 0.15) is 126 Å². The van der Waals surface area contributed by atoms with Gasteiger partial charge in [0.1, 0.15) is 0 Å². The van der Waals surface area contributed by atoms with Crippen molar-refractivity contribution in [2.75, 3.05) is 0 Å². The van der Waals surface area contributed by atoms with E-state index in [1.807, 2.05) is 0 Å². The lowest BCUT2D eigenvalue weighted by Crippen LogP contribution is -2.10. The van der Waals surface area contributed by atoms with E-state index in [-0.39, 0.29) is 0 Å². The van der Waals surface area contributed by atoms with Crippen LogP contribution in [-0.4, -0.2) is 0 Å². The van der Waals surface area contributed by atoms with Crippen LogP contribution >= 0.6 is 0 Å². The molecule has 0 amide bonds. The van der Waals surface area contributed by atoms with E-state index < -0.39 is 0 Å². The van der Waals surface area contributed by atoms with Crippen molar-refractivity contribution in [1.82, 2.24) is 0 Å². The number of hydrogen-bond acceptors (Lipinski definition) is 0. The molecule has 0 heteroatoms. The lowest BCUT2D eigenvalue weighted by atomic mass is 9.77. The molecule has 0 spiro atoms. The molecule has 0 atom stereocenters. The van der Waals surface area contributed by atoms with Gasteiger partial charge in [-0.2, -0.15) is 0 Å². The van der Waals surface area contributed by atoms with Crippen molar-refractivity contribution < 1.29 is 0 Å². The standard InChI is InChI=1S/C32H45/c1-23(2)18-27-16-11-17-28(19-24(3)4)32(27)31-21-29(25-12-7-5-8-13-25)20-30(22-31)26-14-9-6-10-15-26/h11,16-17,21-26H,5-10,12-15,18-19H2,1-4H3. The Morgan fingerprint density at radius 2 is 1.12 bits per heavy atom. The van der Waals surface area contributed by atoms with Gasteiger partial charge in [0, 0.05) is 0 Å². The largest absolute Gasteiger partial charge is 0.0625 e. The van der Waals surface area contributed by atoms with E-state index in [0.717, 1.165) is 24.7 Å². The van der Waals surface area contributed by atoms with Gasteiger partial charge in [-0.25, -0.2) is 0 Å². The fourth-order valence-electron chi connectivity index (χ4n) is 6.27. The Morgan fingerprint density at radius 3 is 1.53 bits per heavy atom. The molecule has 0 saturated heterocycles. The topological polar surface area (TPSA) is 0 Å². The summed E-state index contributed by atoms with van der Waals surface area (Å²) in [6, 6.07) is 16.2. The summed E-state index contributed by atoms with van der Waals surface area (Å²) in [5, 5.41) is 0. The Hall–Kier alpha value is -1.56. The SMILES string of the molecule is CC(C)Cc1cccc(CC(C)C)c1-c1cc(C2CCCCC2)[c]c(C2CCCCC2)c1. The van der Waals surface area contributed by atoms with Crippen LogP contribution in [0, 0.1) is 17.9 Å². The van der Waals surface area contributed by atoms with Gasteiger partial charge >= 0.3 is 0 Å². The van der Waals surface area contributed by atoms with Gasteiger partial charge in [0.15, 0.2) is 0 Å². The highest BCUT2D eigenvalue weighted by Gasteiger charge is 2.23. The average molecular weight is 430 g/mol. The van der Waals surface area contributed by atoms with E-state index in [4.69, 9.17) is 0 Å². The van der Waals surface area contributed by atoms with Crippen LogP contribution in [-0.2, 0) is 12.8 Å². The maximum atomic E-state index is 4.01. The lowest BCUT2D eigenvalue weighted by Gasteiger charge is -2.27. The van der Waals surface area contributed by atoms with Crippen LogP contribution in [0.4, 0.5) is 0 Å². The van der Waals surface area contributed by atoms with E-state index in [0.29, 0.717) is 11.8 Å². The van der Waals surface area contributed by atoms with Gasteiger partial charge in [-0.3, -0.25) is 0 Å². The monoisotopic (exact) mass is 429 g/mol. The molecule has 0 N–H and O–H groups in total. The summed E-state index contributed by atoms with van der Waals surface area (Å²) in [6.45, 7) is 9.44. The second-order valence-corrected chi connectivity index (χ2v) is 11.6. The highest BCUT2D eigenvalue weighted by Crippen LogP contribution is 2.41. The Bertz CT molecular complexity index is 795. The average Bonchev–Trinajstić information content (AvgIpc) is 2.79. The van der Waals surface area contributed by atoms with Crippen LogP contribution in [0.2, 0.25) is 0 Å². The van der Waals surface area contributed by atoms with Gasteiger partial charge in [0.25, 0.3) is 0 Å². The lowest BCUT2D eigenvalue weighted by molar-refractivity contribution is 0.435. The third kappa shape index (κ3) is 5.86. The molecule has 2 saturated carbocycles. The van der Waals surface area contributed by atoms with Crippen LogP contribution in [0.3, 0.4) is 0 Å². The van der Waals surface area contributed by atoms with Crippen molar-refractivity contribution in [2.24, 2.45) is 11.8 Å². The summed E-state index contributed by atoms with van der Waals surface area (Å²) in [5.41, 5.74) is 9.20. The minimum atomic E-state index is 0.675. The van der Waals surface area contributed by atoms with Crippen LogP contribution < -0.4 is 0 Å². The minimum absolute atomic E-state index is 0.675. The van der Waals surface area contributed by atoms with Crippen molar-refractivity contribution in [2.45, 2.75) is 117 Å². The van der Waals surface area contributed by atoms with E-state index in [1.165, 1.54) is 80.9 Å². The highest BCUT2D eigenvalue weighted by atomic mass is 14.3. The zero-order valence-electron chi connectivity index (χ0n) is 21.2. The third-order valence-electron chi connectivity index (χ3n) is 7.78. The molecule has 2 aromatic rings. The maximum Gasteiger partial charge on any atom is -0.0108 e. The van der Waals surface area contributed by atoms with Crippen molar-refractivity contribution >= 4 is 0 Å². The van der Waals surface area contributed by atoms with E-state index in [2.05, 4.69) is 64.1 Å². The summed E-state index contributed by atoms with van der Waals surface area (Å²) in [6.07, 6.45) is 16.2. The van der Waals surface area contributed by atoms with Crippen LogP contribution in [0.5, 0.6) is 0 Å². The van der Waals surface area contributed by atoms with Gasteiger partial charge in [-0.05, 0) is 102 Å². The normalized spacial score (nSPS) is 18.6. The molecule has 2 aliphatic carbocycles. The molecule has 0 unspecified atom stereocenters. The third-order valence-corrected chi connectivity index (χ3v) is 7.78. The molecule has 0 aromatic heterocycles. The van der Waals surface area contributed by atoms with Gasteiger partial charge in [0.2, 0.25) is 0 Å². The van der Waals surface area contributed by atoms with Crippen molar-refractivity contribution in [3.63, 3.8) is 0 Å². The van der Waals surface area contributed by atoms with Gasteiger partial charge in [-0.1, -0.05) is 96.6 Å². The fourth-order valence-corrected chi connectivity index (χ4v) is 6.27. The first-order chi connectivity index (χ1) is 15.5. The molecule has 32 heavy (non-hydrogen) atoms. The fraction of sp³-hybridized carbons (Fsp3) is 0.625. The quantitative estimate of drug-likeness (QED) is 0.411. The molecular formula is C32H45. The summed E-state index contributed by atoms with van der Waals surface area (Å²) < 4.78 is 0. The molecule has 2 fully saturated rings. The molecule has 4 rings (SSSR count). The second kappa shape index (κ2) is 11.0. The number of hydrogen-bond donors (Lipinski definition) is 0. The Labute approximate surface area is 198 Å². The van der Waals surface area contributed by atoms with Gasteiger partial charge in [-0.15, -0.1) is 0 Å².